The fourth-order valence-electron chi connectivity index (χ4n) is 2.38. The summed E-state index contributed by atoms with van der Waals surface area (Å²) in [6, 6.07) is 6.58. The van der Waals surface area contributed by atoms with E-state index >= 15 is 0 Å². The molecule has 0 spiro atoms. The Morgan fingerprint density at radius 3 is 2.61 bits per heavy atom. The van der Waals surface area contributed by atoms with Gasteiger partial charge in [-0.1, -0.05) is 13.0 Å². The fraction of sp³-hybridized carbons (Fsp3) is 0.533. The molecule has 4 N–H and O–H groups in total. The van der Waals surface area contributed by atoms with Crippen LogP contribution in [0.5, 0.6) is 0 Å². The Morgan fingerprint density at radius 1 is 1.30 bits per heavy atom. The largest absolute Gasteiger partial charge is 0.381 e. The Hall–Kier alpha value is -1.64. The molecule has 0 aliphatic carbocycles. The maximum atomic E-state index is 12.4. The molecule has 0 saturated carbocycles. The number of nitrogens with two attached hydrogens (primary N) is 1. The van der Waals surface area contributed by atoms with Crippen LogP contribution >= 0.6 is 0 Å². The standard InChI is InChI=1S/C15H23N3O4S/c1-2-10-23(20,21)18-13-5-3-4-12(11-13)17-14(19)15(16)6-8-22-9-7-15/h3-5,11,18H,2,6-10,16H2,1H3,(H,17,19). The van der Waals surface area contributed by atoms with Gasteiger partial charge in [0.2, 0.25) is 15.9 Å². The average Bonchev–Trinajstić information content (AvgIpc) is 2.47. The number of hydrogen-bond donors (Lipinski definition) is 3. The molecule has 0 aromatic heterocycles. The van der Waals surface area contributed by atoms with Crippen molar-refractivity contribution in [2.24, 2.45) is 5.73 Å². The van der Waals surface area contributed by atoms with E-state index in [1.807, 2.05) is 0 Å². The van der Waals surface area contributed by atoms with Crippen molar-refractivity contribution in [2.75, 3.05) is 29.0 Å². The Bertz CT molecular complexity index is 654. The highest BCUT2D eigenvalue weighted by atomic mass is 32.2. The maximum absolute atomic E-state index is 12.4. The van der Waals surface area contributed by atoms with Crippen molar-refractivity contribution in [2.45, 2.75) is 31.7 Å². The van der Waals surface area contributed by atoms with Crippen LogP contribution in [0.4, 0.5) is 11.4 Å². The highest BCUT2D eigenvalue weighted by Crippen LogP contribution is 2.22. The highest BCUT2D eigenvalue weighted by Gasteiger charge is 2.35. The first-order valence-electron chi connectivity index (χ1n) is 7.63. The Labute approximate surface area is 136 Å². The van der Waals surface area contributed by atoms with Gasteiger partial charge in [0.05, 0.1) is 11.4 Å². The minimum absolute atomic E-state index is 0.0511. The third kappa shape index (κ3) is 4.92. The number of carbonyl (C=O) groups excluding carboxylic acids is 1. The number of hydrogen-bond acceptors (Lipinski definition) is 5. The van der Waals surface area contributed by atoms with E-state index in [1.54, 1.807) is 31.2 Å². The third-order valence-corrected chi connectivity index (χ3v) is 5.20. The molecule has 0 radical (unpaired) electrons. The zero-order chi connectivity index (χ0) is 16.9. The van der Waals surface area contributed by atoms with Gasteiger partial charge in [-0.15, -0.1) is 0 Å². The van der Waals surface area contributed by atoms with E-state index in [4.69, 9.17) is 10.5 Å². The van der Waals surface area contributed by atoms with E-state index in [2.05, 4.69) is 10.0 Å². The molecule has 1 heterocycles. The van der Waals surface area contributed by atoms with E-state index in [-0.39, 0.29) is 11.7 Å². The summed E-state index contributed by atoms with van der Waals surface area (Å²) in [5.74, 6) is -0.232. The lowest BCUT2D eigenvalue weighted by atomic mass is 9.90. The number of ether oxygens (including phenoxy) is 1. The lowest BCUT2D eigenvalue weighted by Crippen LogP contribution is -2.54. The minimum atomic E-state index is -3.37. The number of sulfonamides is 1. The molecule has 0 atom stereocenters. The molecule has 1 aromatic carbocycles. The van der Waals surface area contributed by atoms with Gasteiger partial charge in [0.1, 0.15) is 5.54 Å². The molecule has 1 aliphatic heterocycles. The first-order valence-corrected chi connectivity index (χ1v) is 9.28. The Morgan fingerprint density at radius 2 is 1.96 bits per heavy atom. The van der Waals surface area contributed by atoms with Crippen LogP contribution in [0.2, 0.25) is 0 Å². The van der Waals surface area contributed by atoms with Crippen molar-refractivity contribution in [1.29, 1.82) is 0 Å². The van der Waals surface area contributed by atoms with E-state index < -0.39 is 15.6 Å². The molecule has 0 unspecified atom stereocenters. The van der Waals surface area contributed by atoms with Crippen LogP contribution in [-0.2, 0) is 19.6 Å². The van der Waals surface area contributed by atoms with Crippen molar-refractivity contribution in [3.8, 4) is 0 Å². The number of rotatable bonds is 6. The molecule has 2 rings (SSSR count). The number of benzene rings is 1. The second-order valence-electron chi connectivity index (χ2n) is 5.72. The molecule has 1 amide bonds. The third-order valence-electron chi connectivity index (χ3n) is 3.70. The lowest BCUT2D eigenvalue weighted by molar-refractivity contribution is -0.124. The SMILES string of the molecule is CCCS(=O)(=O)Nc1cccc(NC(=O)C2(N)CCOCC2)c1. The molecule has 7 nitrogen and oxygen atoms in total. The predicted molar refractivity (Wildman–Crippen MR) is 89.7 cm³/mol. The highest BCUT2D eigenvalue weighted by molar-refractivity contribution is 7.92. The first-order chi connectivity index (χ1) is 10.8. The second kappa shape index (κ2) is 7.29. The summed E-state index contributed by atoms with van der Waals surface area (Å²) in [4.78, 5) is 12.4. The minimum Gasteiger partial charge on any atom is -0.381 e. The summed E-state index contributed by atoms with van der Waals surface area (Å²) < 4.78 is 31.3. The summed E-state index contributed by atoms with van der Waals surface area (Å²) in [6.07, 6.45) is 1.45. The van der Waals surface area contributed by atoms with Crippen molar-refractivity contribution >= 4 is 27.3 Å². The summed E-state index contributed by atoms with van der Waals surface area (Å²) in [5.41, 5.74) is 6.09. The monoisotopic (exact) mass is 341 g/mol. The van der Waals surface area contributed by atoms with E-state index in [9.17, 15) is 13.2 Å². The molecule has 8 heteroatoms. The maximum Gasteiger partial charge on any atom is 0.244 e. The summed E-state index contributed by atoms with van der Waals surface area (Å²) in [5, 5.41) is 2.76. The average molecular weight is 341 g/mol. The number of amides is 1. The number of carbonyl (C=O) groups is 1. The van der Waals surface area contributed by atoms with Gasteiger partial charge in [0, 0.05) is 18.9 Å². The van der Waals surface area contributed by atoms with Crippen LogP contribution in [-0.4, -0.2) is 38.8 Å². The molecule has 1 saturated heterocycles. The van der Waals surface area contributed by atoms with Crippen LogP contribution in [0.3, 0.4) is 0 Å². The van der Waals surface area contributed by atoms with Gasteiger partial charge >= 0.3 is 0 Å². The summed E-state index contributed by atoms with van der Waals surface area (Å²) in [7, 11) is -3.37. The van der Waals surface area contributed by atoms with E-state index in [1.165, 1.54) is 0 Å². The molecule has 1 aromatic rings. The molecule has 1 aliphatic rings. The van der Waals surface area contributed by atoms with Crippen LogP contribution < -0.4 is 15.8 Å². The lowest BCUT2D eigenvalue weighted by Gasteiger charge is -2.31. The second-order valence-corrected chi connectivity index (χ2v) is 7.57. The van der Waals surface area contributed by atoms with Gasteiger partial charge in [-0.3, -0.25) is 9.52 Å². The van der Waals surface area contributed by atoms with Gasteiger partial charge in [-0.25, -0.2) is 8.42 Å². The zero-order valence-corrected chi connectivity index (χ0v) is 14.0. The van der Waals surface area contributed by atoms with Gasteiger partial charge in [0.25, 0.3) is 0 Å². The number of anilines is 2. The van der Waals surface area contributed by atoms with Crippen molar-refractivity contribution in [3.63, 3.8) is 0 Å². The molecular weight excluding hydrogens is 318 g/mol. The smallest absolute Gasteiger partial charge is 0.244 e. The topological polar surface area (TPSA) is 111 Å². The molecule has 1 fully saturated rings. The Kier molecular flexibility index (Phi) is 5.61. The van der Waals surface area contributed by atoms with Crippen LogP contribution in [0.25, 0.3) is 0 Å². The van der Waals surface area contributed by atoms with Crippen molar-refractivity contribution in [3.05, 3.63) is 24.3 Å². The summed E-state index contributed by atoms with van der Waals surface area (Å²) >= 11 is 0. The van der Waals surface area contributed by atoms with Gasteiger partial charge in [-0.05, 0) is 37.5 Å². The van der Waals surface area contributed by atoms with E-state index in [0.717, 1.165) is 0 Å². The molecule has 23 heavy (non-hydrogen) atoms. The quantitative estimate of drug-likeness (QED) is 0.722. The molecular formula is C15H23N3O4S. The van der Waals surface area contributed by atoms with Gasteiger partial charge in [-0.2, -0.15) is 0 Å². The first kappa shape index (κ1) is 17.7. The van der Waals surface area contributed by atoms with Crippen LogP contribution in [0.15, 0.2) is 24.3 Å². The van der Waals surface area contributed by atoms with Crippen molar-refractivity contribution in [1.82, 2.24) is 0 Å². The normalized spacial score (nSPS) is 17.5. The zero-order valence-electron chi connectivity index (χ0n) is 13.2. The predicted octanol–water partition coefficient (Wildman–Crippen LogP) is 1.28. The van der Waals surface area contributed by atoms with Crippen molar-refractivity contribution < 1.29 is 17.9 Å². The van der Waals surface area contributed by atoms with E-state index in [0.29, 0.717) is 43.9 Å². The molecule has 0 bridgehead atoms. The molecule has 128 valence electrons. The van der Waals surface area contributed by atoms with Gasteiger partial charge < -0.3 is 15.8 Å². The van der Waals surface area contributed by atoms with Gasteiger partial charge in [0.15, 0.2) is 0 Å². The summed E-state index contributed by atoms with van der Waals surface area (Å²) in [6.45, 7) is 2.71. The van der Waals surface area contributed by atoms with Crippen LogP contribution in [0, 0.1) is 0 Å². The fourth-order valence-corrected chi connectivity index (χ4v) is 3.50. The van der Waals surface area contributed by atoms with Crippen LogP contribution in [0.1, 0.15) is 26.2 Å². The number of nitrogens with one attached hydrogen (secondary N) is 2. The Balaban J connectivity index is 2.06.